The van der Waals surface area contributed by atoms with Gasteiger partial charge in [0.15, 0.2) is 0 Å². The Morgan fingerprint density at radius 1 is 1.08 bits per heavy atom. The van der Waals surface area contributed by atoms with Crippen molar-refractivity contribution >= 4 is 17.8 Å². The van der Waals surface area contributed by atoms with Gasteiger partial charge >= 0.3 is 5.97 Å². The monoisotopic (exact) mass is 336 g/mol. The number of hydrogen-bond acceptors (Lipinski definition) is 4. The van der Waals surface area contributed by atoms with Crippen LogP contribution in [0.5, 0.6) is 5.75 Å². The van der Waals surface area contributed by atoms with Gasteiger partial charge in [-0.05, 0) is 31.5 Å². The highest BCUT2D eigenvalue weighted by Crippen LogP contribution is 2.25. The molecule has 3 N–H and O–H groups in total. The average Bonchev–Trinajstić information content (AvgIpc) is 2.51. The van der Waals surface area contributed by atoms with Crippen LogP contribution < -0.4 is 15.4 Å². The van der Waals surface area contributed by atoms with E-state index in [-0.39, 0.29) is 37.2 Å². The summed E-state index contributed by atoms with van der Waals surface area (Å²) in [6, 6.07) is 6.92. The van der Waals surface area contributed by atoms with Gasteiger partial charge in [0, 0.05) is 18.4 Å². The van der Waals surface area contributed by atoms with Crippen LogP contribution in [-0.2, 0) is 14.4 Å². The van der Waals surface area contributed by atoms with Crippen LogP contribution in [0.3, 0.4) is 0 Å². The summed E-state index contributed by atoms with van der Waals surface area (Å²) in [7, 11) is 1.54. The minimum absolute atomic E-state index is 0.00606. The molecule has 1 aromatic rings. The maximum Gasteiger partial charge on any atom is 0.303 e. The third kappa shape index (κ3) is 7.13. The normalized spacial score (nSPS) is 11.7. The predicted molar refractivity (Wildman–Crippen MR) is 88.9 cm³/mol. The molecule has 1 unspecified atom stereocenters. The summed E-state index contributed by atoms with van der Waals surface area (Å²) >= 11 is 0. The molecule has 0 aliphatic carbocycles. The molecule has 132 valence electrons. The van der Waals surface area contributed by atoms with Gasteiger partial charge in [-0.3, -0.25) is 14.4 Å². The first-order valence-electron chi connectivity index (χ1n) is 7.73. The van der Waals surface area contributed by atoms with E-state index in [1.54, 1.807) is 31.4 Å². The summed E-state index contributed by atoms with van der Waals surface area (Å²) < 4.78 is 5.07. The number of hydrogen-bond donors (Lipinski definition) is 3. The van der Waals surface area contributed by atoms with E-state index in [0.717, 1.165) is 5.56 Å². The molecule has 24 heavy (non-hydrogen) atoms. The molecular weight excluding hydrogens is 312 g/mol. The van der Waals surface area contributed by atoms with E-state index < -0.39 is 11.9 Å². The van der Waals surface area contributed by atoms with Gasteiger partial charge in [-0.2, -0.15) is 0 Å². The Morgan fingerprint density at radius 3 is 2.21 bits per heavy atom. The topological polar surface area (TPSA) is 105 Å². The zero-order valence-electron chi connectivity index (χ0n) is 14.2. The largest absolute Gasteiger partial charge is 0.497 e. The summed E-state index contributed by atoms with van der Waals surface area (Å²) in [6.45, 7) is 3.53. The van der Waals surface area contributed by atoms with E-state index in [1.807, 2.05) is 13.8 Å². The Hall–Kier alpha value is -2.57. The molecule has 0 fully saturated rings. The standard InChI is InChI=1S/C17H24N2O5/c1-11(2)19-16(21)10-18-15(20)8-13(9-17(22)23)12-4-6-14(24-3)7-5-12/h4-7,11,13H,8-10H2,1-3H3,(H,18,20)(H,19,21)(H,22,23). The number of nitrogens with one attached hydrogen (secondary N) is 2. The molecule has 0 spiro atoms. The van der Waals surface area contributed by atoms with E-state index in [9.17, 15) is 14.4 Å². The van der Waals surface area contributed by atoms with Crippen molar-refractivity contribution in [1.82, 2.24) is 10.6 Å². The van der Waals surface area contributed by atoms with Crippen molar-refractivity contribution in [3.63, 3.8) is 0 Å². The Bertz CT molecular complexity index is 569. The van der Waals surface area contributed by atoms with Gasteiger partial charge in [0.25, 0.3) is 0 Å². The first-order chi connectivity index (χ1) is 11.3. The smallest absolute Gasteiger partial charge is 0.303 e. The maximum atomic E-state index is 12.0. The second kappa shape index (κ2) is 9.54. The van der Waals surface area contributed by atoms with Gasteiger partial charge in [-0.1, -0.05) is 12.1 Å². The number of carbonyl (C=O) groups excluding carboxylic acids is 2. The van der Waals surface area contributed by atoms with Crippen LogP contribution in [0.1, 0.15) is 38.2 Å². The van der Waals surface area contributed by atoms with Crippen molar-refractivity contribution < 1.29 is 24.2 Å². The minimum atomic E-state index is -0.985. The Balaban J connectivity index is 2.66. The number of amides is 2. The third-order valence-electron chi connectivity index (χ3n) is 3.34. The molecule has 7 heteroatoms. The van der Waals surface area contributed by atoms with Gasteiger partial charge in [0.1, 0.15) is 5.75 Å². The van der Waals surface area contributed by atoms with Crippen LogP contribution in [0.2, 0.25) is 0 Å². The second-order valence-corrected chi connectivity index (χ2v) is 5.77. The van der Waals surface area contributed by atoms with Crippen molar-refractivity contribution in [1.29, 1.82) is 0 Å². The van der Waals surface area contributed by atoms with Crippen molar-refractivity contribution in [3.05, 3.63) is 29.8 Å². The van der Waals surface area contributed by atoms with E-state index in [4.69, 9.17) is 9.84 Å². The van der Waals surface area contributed by atoms with Crippen LogP contribution in [0.25, 0.3) is 0 Å². The summed E-state index contributed by atoms with van der Waals surface area (Å²) in [6.07, 6.45) is -0.175. The highest BCUT2D eigenvalue weighted by Gasteiger charge is 2.20. The van der Waals surface area contributed by atoms with Crippen LogP contribution in [-0.4, -0.2) is 42.6 Å². The van der Waals surface area contributed by atoms with Crippen LogP contribution in [0.15, 0.2) is 24.3 Å². The molecule has 2 amide bonds. The van der Waals surface area contributed by atoms with Gasteiger partial charge in [-0.25, -0.2) is 0 Å². The minimum Gasteiger partial charge on any atom is -0.497 e. The molecule has 7 nitrogen and oxygen atoms in total. The van der Waals surface area contributed by atoms with Gasteiger partial charge in [-0.15, -0.1) is 0 Å². The lowest BCUT2D eigenvalue weighted by Gasteiger charge is -2.16. The fourth-order valence-corrected chi connectivity index (χ4v) is 2.24. The molecule has 0 aliphatic heterocycles. The van der Waals surface area contributed by atoms with Gasteiger partial charge in [0.2, 0.25) is 11.8 Å². The predicted octanol–water partition coefficient (Wildman–Crippen LogP) is 1.28. The van der Waals surface area contributed by atoms with Gasteiger partial charge < -0.3 is 20.5 Å². The highest BCUT2D eigenvalue weighted by molar-refractivity contribution is 5.85. The fourth-order valence-electron chi connectivity index (χ4n) is 2.24. The number of aliphatic carboxylic acids is 1. The summed E-state index contributed by atoms with van der Waals surface area (Å²) in [5.74, 6) is -1.45. The van der Waals surface area contributed by atoms with Gasteiger partial charge in [0.05, 0.1) is 20.1 Å². The number of rotatable bonds is 9. The number of carboxylic acids is 1. The summed E-state index contributed by atoms with van der Waals surface area (Å²) in [4.78, 5) is 34.6. The molecule has 0 saturated heterocycles. The third-order valence-corrected chi connectivity index (χ3v) is 3.34. The molecule has 1 atom stereocenters. The first kappa shape index (κ1) is 19.5. The summed E-state index contributed by atoms with van der Waals surface area (Å²) in [5, 5.41) is 14.2. The van der Waals surface area contributed by atoms with E-state index in [2.05, 4.69) is 10.6 Å². The fraction of sp³-hybridized carbons (Fsp3) is 0.471. The van der Waals surface area contributed by atoms with E-state index in [1.165, 1.54) is 0 Å². The zero-order chi connectivity index (χ0) is 18.1. The molecule has 0 aromatic heterocycles. The van der Waals surface area contributed by atoms with Crippen LogP contribution in [0, 0.1) is 0 Å². The SMILES string of the molecule is COc1ccc(C(CC(=O)O)CC(=O)NCC(=O)NC(C)C)cc1. The molecule has 1 aromatic carbocycles. The van der Waals surface area contributed by atoms with Crippen LogP contribution in [0.4, 0.5) is 0 Å². The lowest BCUT2D eigenvalue weighted by Crippen LogP contribution is -2.40. The summed E-state index contributed by atoms with van der Waals surface area (Å²) in [5.41, 5.74) is 0.736. The lowest BCUT2D eigenvalue weighted by molar-refractivity contribution is -0.137. The Kier molecular flexibility index (Phi) is 7.74. The quantitative estimate of drug-likeness (QED) is 0.630. The van der Waals surface area contributed by atoms with Crippen LogP contribution >= 0.6 is 0 Å². The first-order valence-corrected chi connectivity index (χ1v) is 7.73. The second-order valence-electron chi connectivity index (χ2n) is 5.77. The number of benzene rings is 1. The Morgan fingerprint density at radius 2 is 1.71 bits per heavy atom. The van der Waals surface area contributed by atoms with Crippen molar-refractivity contribution in [3.8, 4) is 5.75 Å². The molecule has 0 heterocycles. The zero-order valence-corrected chi connectivity index (χ0v) is 14.2. The molecule has 0 saturated carbocycles. The number of carbonyl (C=O) groups is 3. The molecule has 1 rings (SSSR count). The van der Waals surface area contributed by atoms with Crippen molar-refractivity contribution in [2.75, 3.05) is 13.7 Å². The molecular formula is C17H24N2O5. The number of ether oxygens (including phenoxy) is 1. The maximum absolute atomic E-state index is 12.0. The lowest BCUT2D eigenvalue weighted by atomic mass is 9.92. The number of carboxylic acid groups (broad SMARTS) is 1. The Labute approximate surface area is 141 Å². The molecule has 0 aliphatic rings. The van der Waals surface area contributed by atoms with Crippen molar-refractivity contribution in [2.45, 2.75) is 38.6 Å². The highest BCUT2D eigenvalue weighted by atomic mass is 16.5. The van der Waals surface area contributed by atoms with E-state index >= 15 is 0 Å². The average molecular weight is 336 g/mol. The number of methoxy groups -OCH3 is 1. The van der Waals surface area contributed by atoms with E-state index in [0.29, 0.717) is 5.75 Å². The van der Waals surface area contributed by atoms with Crippen molar-refractivity contribution in [2.24, 2.45) is 0 Å². The molecule has 0 radical (unpaired) electrons. The molecule has 0 bridgehead atoms.